The minimum Gasteiger partial charge on any atom is -0.383 e. The van der Waals surface area contributed by atoms with E-state index in [0.29, 0.717) is 0 Å². The van der Waals surface area contributed by atoms with Crippen molar-refractivity contribution in [1.82, 2.24) is 4.98 Å². The second kappa shape index (κ2) is 4.15. The van der Waals surface area contributed by atoms with Crippen LogP contribution in [-0.4, -0.2) is 28.3 Å². The lowest BCUT2D eigenvalue weighted by Gasteiger charge is -2.12. The van der Waals surface area contributed by atoms with Gasteiger partial charge >= 0.3 is 6.18 Å². The van der Waals surface area contributed by atoms with Crippen LogP contribution >= 0.6 is 11.3 Å². The van der Waals surface area contributed by atoms with Gasteiger partial charge in [-0.25, -0.2) is 4.98 Å². The highest BCUT2D eigenvalue weighted by Gasteiger charge is 2.38. The minimum atomic E-state index is -4.68. The van der Waals surface area contributed by atoms with Crippen molar-refractivity contribution < 1.29 is 23.1 Å². The van der Waals surface area contributed by atoms with Gasteiger partial charge < -0.3 is 10.8 Å². The normalized spacial score (nSPS) is 13.9. The second-order valence-electron chi connectivity index (χ2n) is 2.77. The summed E-state index contributed by atoms with van der Waals surface area (Å²) in [7, 11) is 0. The molecule has 15 heavy (non-hydrogen) atoms. The molecule has 1 amide bonds. The first-order valence-electron chi connectivity index (χ1n) is 3.79. The summed E-state index contributed by atoms with van der Waals surface area (Å²) in [6.45, 7) is 0. The van der Waals surface area contributed by atoms with E-state index in [4.69, 9.17) is 10.8 Å². The average Bonchev–Trinajstić information content (AvgIpc) is 2.50. The molecule has 1 atom stereocenters. The highest BCUT2D eigenvalue weighted by atomic mass is 32.1. The fourth-order valence-electron chi connectivity index (χ4n) is 0.828. The standard InChI is InChI=1S/C7H7F3N2O2S/c8-7(9,10)4(13)1-3-2-15-6(12-3)5(11)14/h2,4,13H,1H2,(H2,11,14)/t4-/m1/s1. The maximum absolute atomic E-state index is 11.9. The zero-order valence-corrected chi connectivity index (χ0v) is 8.10. The Hall–Kier alpha value is -1.15. The largest absolute Gasteiger partial charge is 0.414 e. The third-order valence-corrected chi connectivity index (χ3v) is 2.45. The van der Waals surface area contributed by atoms with Gasteiger partial charge in [-0.1, -0.05) is 0 Å². The van der Waals surface area contributed by atoms with E-state index in [9.17, 15) is 18.0 Å². The second-order valence-corrected chi connectivity index (χ2v) is 3.63. The quantitative estimate of drug-likeness (QED) is 0.816. The number of halogens is 3. The van der Waals surface area contributed by atoms with Crippen molar-refractivity contribution in [3.05, 3.63) is 16.1 Å². The van der Waals surface area contributed by atoms with Gasteiger partial charge in [0.1, 0.15) is 0 Å². The van der Waals surface area contributed by atoms with Crippen molar-refractivity contribution in [2.75, 3.05) is 0 Å². The number of hydrogen-bond acceptors (Lipinski definition) is 4. The van der Waals surface area contributed by atoms with Crippen LogP contribution in [0.2, 0.25) is 0 Å². The molecule has 0 radical (unpaired) electrons. The molecule has 0 aliphatic heterocycles. The molecule has 0 aliphatic rings. The molecule has 1 aromatic rings. The Labute approximate surface area is 86.5 Å². The van der Waals surface area contributed by atoms with Crippen LogP contribution < -0.4 is 5.73 Å². The molecular weight excluding hydrogens is 233 g/mol. The molecule has 0 bridgehead atoms. The average molecular weight is 240 g/mol. The van der Waals surface area contributed by atoms with Gasteiger partial charge in [-0.3, -0.25) is 4.79 Å². The first-order valence-corrected chi connectivity index (χ1v) is 4.67. The molecule has 1 aromatic heterocycles. The van der Waals surface area contributed by atoms with Crippen LogP contribution in [0.3, 0.4) is 0 Å². The van der Waals surface area contributed by atoms with Crippen LogP contribution in [0, 0.1) is 0 Å². The molecule has 84 valence electrons. The molecule has 0 unspecified atom stereocenters. The van der Waals surface area contributed by atoms with E-state index in [2.05, 4.69) is 4.98 Å². The Bertz CT molecular complexity index is 363. The summed E-state index contributed by atoms with van der Waals surface area (Å²) in [6, 6.07) is 0. The third kappa shape index (κ3) is 3.17. The number of primary amides is 1. The predicted octanol–water partition coefficient (Wildman–Crippen LogP) is 0.708. The van der Waals surface area contributed by atoms with E-state index >= 15 is 0 Å². The van der Waals surface area contributed by atoms with Gasteiger partial charge in [-0.05, 0) is 0 Å². The number of carbonyl (C=O) groups is 1. The fraction of sp³-hybridized carbons (Fsp3) is 0.429. The number of rotatable bonds is 3. The summed E-state index contributed by atoms with van der Waals surface area (Å²) < 4.78 is 35.8. The number of carbonyl (C=O) groups excluding carboxylic acids is 1. The van der Waals surface area contributed by atoms with Gasteiger partial charge in [0, 0.05) is 11.8 Å². The number of aromatic nitrogens is 1. The van der Waals surface area contributed by atoms with Gasteiger partial charge in [0.2, 0.25) is 0 Å². The summed E-state index contributed by atoms with van der Waals surface area (Å²) in [5.41, 5.74) is 4.87. The Kier molecular flexibility index (Phi) is 3.30. The highest BCUT2D eigenvalue weighted by molar-refractivity contribution is 7.11. The van der Waals surface area contributed by atoms with Gasteiger partial charge in [-0.15, -0.1) is 11.3 Å². The molecule has 0 aromatic carbocycles. The molecule has 0 fully saturated rings. The molecule has 0 spiro atoms. The zero-order chi connectivity index (χ0) is 11.6. The van der Waals surface area contributed by atoms with Crippen LogP contribution in [0.15, 0.2) is 5.38 Å². The molecule has 1 heterocycles. The summed E-state index contributed by atoms with van der Waals surface area (Å²) in [5, 5.41) is 9.90. The molecule has 0 aliphatic carbocycles. The smallest absolute Gasteiger partial charge is 0.383 e. The molecule has 1 rings (SSSR count). The van der Waals surface area contributed by atoms with E-state index in [-0.39, 0.29) is 10.7 Å². The predicted molar refractivity (Wildman–Crippen MR) is 46.4 cm³/mol. The Balaban J connectivity index is 2.69. The van der Waals surface area contributed by atoms with Crippen molar-refractivity contribution in [2.24, 2.45) is 5.73 Å². The number of alkyl halides is 3. The van der Waals surface area contributed by atoms with Crippen molar-refractivity contribution in [3.63, 3.8) is 0 Å². The van der Waals surface area contributed by atoms with Crippen molar-refractivity contribution in [3.8, 4) is 0 Å². The number of nitrogens with zero attached hydrogens (tertiary/aromatic N) is 1. The van der Waals surface area contributed by atoms with E-state index in [1.807, 2.05) is 0 Å². The van der Waals surface area contributed by atoms with Crippen LogP contribution in [0.4, 0.5) is 13.2 Å². The number of aliphatic hydroxyl groups is 1. The minimum absolute atomic E-state index is 0.00127. The van der Waals surface area contributed by atoms with E-state index in [1.54, 1.807) is 0 Å². The third-order valence-electron chi connectivity index (χ3n) is 1.54. The molecular formula is C7H7F3N2O2S. The van der Waals surface area contributed by atoms with Crippen LogP contribution in [0.5, 0.6) is 0 Å². The monoisotopic (exact) mass is 240 g/mol. The molecule has 0 saturated heterocycles. The van der Waals surface area contributed by atoms with Crippen molar-refractivity contribution in [2.45, 2.75) is 18.7 Å². The number of hydrogen-bond donors (Lipinski definition) is 2. The lowest BCUT2D eigenvalue weighted by Crippen LogP contribution is -2.30. The van der Waals surface area contributed by atoms with Gasteiger partial charge in [0.25, 0.3) is 5.91 Å². The lowest BCUT2D eigenvalue weighted by molar-refractivity contribution is -0.203. The Morgan fingerprint density at radius 2 is 2.27 bits per heavy atom. The van der Waals surface area contributed by atoms with Crippen LogP contribution in [0.1, 0.15) is 15.5 Å². The van der Waals surface area contributed by atoms with Crippen LogP contribution in [0.25, 0.3) is 0 Å². The number of aliphatic hydroxyl groups excluding tert-OH is 1. The number of thiazole rings is 1. The van der Waals surface area contributed by atoms with Crippen molar-refractivity contribution in [1.29, 1.82) is 0 Å². The highest BCUT2D eigenvalue weighted by Crippen LogP contribution is 2.23. The number of amides is 1. The summed E-state index contributed by atoms with van der Waals surface area (Å²) in [5.74, 6) is -0.798. The Morgan fingerprint density at radius 1 is 1.67 bits per heavy atom. The summed E-state index contributed by atoms with van der Waals surface area (Å²) in [4.78, 5) is 14.1. The molecule has 4 nitrogen and oxygen atoms in total. The first-order chi connectivity index (χ1) is 6.80. The first kappa shape index (κ1) is 11.9. The topological polar surface area (TPSA) is 76.2 Å². The summed E-state index contributed by atoms with van der Waals surface area (Å²) in [6.07, 6.45) is -7.83. The fourth-order valence-corrected chi connectivity index (χ4v) is 1.51. The maximum atomic E-state index is 11.9. The number of nitrogens with two attached hydrogens (primary N) is 1. The van der Waals surface area contributed by atoms with E-state index < -0.39 is 24.6 Å². The molecule has 3 N–H and O–H groups in total. The molecule has 0 saturated carbocycles. The van der Waals surface area contributed by atoms with E-state index in [0.717, 1.165) is 11.3 Å². The zero-order valence-electron chi connectivity index (χ0n) is 7.28. The van der Waals surface area contributed by atoms with Crippen LogP contribution in [-0.2, 0) is 6.42 Å². The van der Waals surface area contributed by atoms with Gasteiger partial charge in [0.05, 0.1) is 5.69 Å². The maximum Gasteiger partial charge on any atom is 0.414 e. The summed E-state index contributed by atoms with van der Waals surface area (Å²) >= 11 is 0.846. The van der Waals surface area contributed by atoms with Gasteiger partial charge in [-0.2, -0.15) is 13.2 Å². The van der Waals surface area contributed by atoms with E-state index in [1.165, 1.54) is 5.38 Å². The Morgan fingerprint density at radius 3 is 2.67 bits per heavy atom. The SMILES string of the molecule is NC(=O)c1nc(C[C@@H](O)C(F)(F)F)cs1. The van der Waals surface area contributed by atoms with Crippen molar-refractivity contribution >= 4 is 17.2 Å². The van der Waals surface area contributed by atoms with Gasteiger partial charge in [0.15, 0.2) is 11.1 Å². The molecule has 8 heteroatoms. The lowest BCUT2D eigenvalue weighted by atomic mass is 10.2.